The molecule has 0 bridgehead atoms. The first-order valence-electron chi connectivity index (χ1n) is 0.577. The largest absolute Gasteiger partial charge is 2.00 e. The summed E-state index contributed by atoms with van der Waals surface area (Å²) in [5.74, 6) is 0. The van der Waals surface area contributed by atoms with E-state index >= 15 is 0 Å². The molecule has 0 aromatic heterocycles. The number of hydrogen-bond acceptors (Lipinski definition) is 2. The Labute approximate surface area is 41.3 Å². The second-order valence-electron chi connectivity index (χ2n) is 0.118. The summed E-state index contributed by atoms with van der Waals surface area (Å²) in [4.78, 5) is 0. The third-order valence-corrected chi connectivity index (χ3v) is 0. The molecule has 2 nitrogen and oxygen atoms in total. The van der Waals surface area contributed by atoms with Crippen LogP contribution < -0.4 is 10.0 Å². The quantitative estimate of drug-likeness (QED) is 0.278. The average Bonchev–Trinajstić information content (AvgIpc) is 0.918. The van der Waals surface area contributed by atoms with E-state index < -0.39 is 7.69 Å². The van der Waals surface area contributed by atoms with Crippen molar-refractivity contribution in [1.29, 1.82) is 0 Å². The Balaban J connectivity index is 0. The van der Waals surface area contributed by atoms with Gasteiger partial charge in [0.25, 0.3) is 0 Å². The van der Waals surface area contributed by atoms with E-state index in [0.29, 0.717) is 0 Å². The van der Waals surface area contributed by atoms with Crippen LogP contribution in [0.15, 0.2) is 0 Å². The molecule has 0 heterocycles. The van der Waals surface area contributed by atoms with Crippen molar-refractivity contribution in [2.24, 2.45) is 0 Å². The van der Waals surface area contributed by atoms with Crippen molar-refractivity contribution in [1.82, 2.24) is 0 Å². The Morgan fingerprint density at radius 2 is 1.25 bits per heavy atom. The van der Waals surface area contributed by atoms with Crippen molar-refractivity contribution in [3.8, 4) is 0 Å². The van der Waals surface area contributed by atoms with Crippen molar-refractivity contribution in [3.05, 3.63) is 0 Å². The summed E-state index contributed by atoms with van der Waals surface area (Å²) < 4.78 is 0. The first-order valence-corrected chi connectivity index (χ1v) is 0.577. The van der Waals surface area contributed by atoms with Crippen LogP contribution in [0.5, 0.6) is 0 Å². The van der Waals surface area contributed by atoms with Crippen LogP contribution in [0.4, 0.5) is 0 Å². The first kappa shape index (κ1) is 8.83. The average molecular weight is 68.1 g/mol. The van der Waals surface area contributed by atoms with E-state index in [2.05, 4.69) is 0 Å². The van der Waals surface area contributed by atoms with E-state index in [1.54, 1.807) is 0 Å². The summed E-state index contributed by atoms with van der Waals surface area (Å²) in [6.07, 6.45) is 0. The van der Waals surface area contributed by atoms with Crippen LogP contribution >= 0.6 is 0 Å². The van der Waals surface area contributed by atoms with Gasteiger partial charge < -0.3 is 10.0 Å². The Bertz CT molecular complexity index is 6.00. The Morgan fingerprint density at radius 3 is 1.25 bits per heavy atom. The topological polar surface area (TPSA) is 46.1 Å². The van der Waals surface area contributed by atoms with Crippen LogP contribution in [0.1, 0.15) is 0 Å². The maximum atomic E-state index is 8.38. The maximum Gasteiger partial charge on any atom is 2.00 e. The van der Waals surface area contributed by atoms with Crippen molar-refractivity contribution < 1.29 is 10.0 Å². The first-order chi connectivity index (χ1) is 1.41. The summed E-state index contributed by atoms with van der Waals surface area (Å²) >= 11 is 0. The second kappa shape index (κ2) is 9.26. The maximum absolute atomic E-state index is 8.38. The van der Waals surface area contributed by atoms with Gasteiger partial charge in [0.05, 0.1) is 0 Å². The van der Waals surface area contributed by atoms with Crippen molar-refractivity contribution in [2.75, 3.05) is 0 Å². The zero-order chi connectivity index (χ0) is 2.71. The molecule has 0 saturated carbocycles. The second-order valence-corrected chi connectivity index (χ2v) is 0.118. The summed E-state index contributed by atoms with van der Waals surface area (Å²) in [6.45, 7) is 0. The minimum atomic E-state index is -1.25. The summed E-state index contributed by atoms with van der Waals surface area (Å²) in [7, 11) is -1.25. The van der Waals surface area contributed by atoms with Crippen molar-refractivity contribution >= 4 is 30.7 Å². The van der Waals surface area contributed by atoms with Crippen LogP contribution in [0.25, 0.3) is 0 Å². The fraction of sp³-hybridized carbons (Fsp3) is 0. The van der Waals surface area contributed by atoms with Gasteiger partial charge in [0, 0.05) is 0 Å². The summed E-state index contributed by atoms with van der Waals surface area (Å²) in [5.41, 5.74) is 0. The van der Waals surface area contributed by atoms with Gasteiger partial charge in [-0.1, -0.05) is 0 Å². The SMILES string of the molecule is [Mg+2].[O-]B[O-]. The molecule has 0 aliphatic carbocycles. The van der Waals surface area contributed by atoms with E-state index in [0.717, 1.165) is 0 Å². The van der Waals surface area contributed by atoms with Gasteiger partial charge in [0.1, 0.15) is 0 Å². The van der Waals surface area contributed by atoms with Gasteiger partial charge in [-0.25, -0.2) is 0 Å². The van der Waals surface area contributed by atoms with E-state index in [-0.39, 0.29) is 23.1 Å². The monoisotopic (exact) mass is 68.0 g/mol. The van der Waals surface area contributed by atoms with E-state index in [1.807, 2.05) is 0 Å². The van der Waals surface area contributed by atoms with Gasteiger partial charge in [-0.05, 0) is 0 Å². The van der Waals surface area contributed by atoms with Gasteiger partial charge in [0.2, 0.25) is 0 Å². The molecule has 0 spiro atoms. The summed E-state index contributed by atoms with van der Waals surface area (Å²) in [5, 5.41) is 16.8. The minimum absolute atomic E-state index is 0. The Kier molecular flexibility index (Phi) is 20.4. The molecular formula is HBMgO2. The van der Waals surface area contributed by atoms with E-state index in [1.165, 1.54) is 0 Å². The molecule has 0 aliphatic rings. The van der Waals surface area contributed by atoms with Crippen LogP contribution in [-0.4, -0.2) is 30.7 Å². The van der Waals surface area contributed by atoms with Crippen molar-refractivity contribution in [3.63, 3.8) is 0 Å². The van der Waals surface area contributed by atoms with Crippen LogP contribution in [0.2, 0.25) is 0 Å². The van der Waals surface area contributed by atoms with E-state index in [4.69, 9.17) is 10.0 Å². The third kappa shape index (κ3) is 15.0. The molecular weight excluding hydrogens is 67.1 g/mol. The molecule has 4 heavy (non-hydrogen) atoms. The van der Waals surface area contributed by atoms with Gasteiger partial charge in [0.15, 0.2) is 0 Å². The van der Waals surface area contributed by atoms with Crippen LogP contribution in [-0.2, 0) is 0 Å². The normalized spacial score (nSPS) is 3.50. The van der Waals surface area contributed by atoms with Crippen LogP contribution in [0, 0.1) is 0 Å². The fourth-order valence-electron chi connectivity index (χ4n) is 0. The molecule has 0 aliphatic heterocycles. The molecule has 0 N–H and O–H groups in total. The van der Waals surface area contributed by atoms with E-state index in [9.17, 15) is 0 Å². The zero-order valence-electron chi connectivity index (χ0n) is 2.23. The smallest absolute Gasteiger partial charge is 0.896 e. The van der Waals surface area contributed by atoms with Crippen molar-refractivity contribution in [2.45, 2.75) is 0 Å². The molecule has 0 unspecified atom stereocenters. The molecule has 0 radical (unpaired) electrons. The standard InChI is InChI=1S/BHO2.Mg/c2-1-3;/h1H;/q-2;+2. The summed E-state index contributed by atoms with van der Waals surface area (Å²) in [6, 6.07) is 0. The molecule has 0 saturated heterocycles. The predicted molar refractivity (Wildman–Crippen MR) is 12.9 cm³/mol. The molecule has 0 atom stereocenters. The van der Waals surface area contributed by atoms with Gasteiger partial charge in [-0.3, -0.25) is 0 Å². The Morgan fingerprint density at radius 1 is 1.25 bits per heavy atom. The third-order valence-electron chi connectivity index (χ3n) is 0. The molecule has 0 aromatic rings. The fourth-order valence-corrected chi connectivity index (χ4v) is 0. The Hall–Kier alpha value is 0.751. The number of hydrogen-bond donors (Lipinski definition) is 0. The minimum Gasteiger partial charge on any atom is -0.896 e. The van der Waals surface area contributed by atoms with Gasteiger partial charge in [-0.15, -0.1) is 7.69 Å². The zero-order valence-corrected chi connectivity index (χ0v) is 3.64. The molecule has 0 aromatic carbocycles. The van der Waals surface area contributed by atoms with Gasteiger partial charge >= 0.3 is 23.1 Å². The molecule has 0 rings (SSSR count). The van der Waals surface area contributed by atoms with Crippen LogP contribution in [0.3, 0.4) is 0 Å². The molecule has 4 heteroatoms. The molecule has 0 fully saturated rings. The molecule has 18 valence electrons. The van der Waals surface area contributed by atoms with Gasteiger partial charge in [-0.2, -0.15) is 0 Å². The molecule has 0 amide bonds. The number of rotatable bonds is 0. The predicted octanol–water partition coefficient (Wildman–Crippen LogP) is -3.41.